The Labute approximate surface area is 179 Å². The molecule has 2 N–H and O–H groups in total. The van der Waals surface area contributed by atoms with Crippen molar-refractivity contribution >= 4 is 29.3 Å². The molecular weight excluding hydrogens is 400 g/mol. The Morgan fingerprint density at radius 3 is 2.71 bits per heavy atom. The number of carbonyl (C=O) groups is 4. The topological polar surface area (TPSA) is 126 Å². The molecule has 3 heterocycles. The Morgan fingerprint density at radius 1 is 1.26 bits per heavy atom. The van der Waals surface area contributed by atoms with E-state index in [1.165, 1.54) is 9.58 Å². The molecule has 0 spiro atoms. The lowest BCUT2D eigenvalue weighted by atomic mass is 9.93. The van der Waals surface area contributed by atoms with Crippen molar-refractivity contribution in [3.8, 4) is 0 Å². The number of fused-ring (bicyclic) bond motifs is 1. The van der Waals surface area contributed by atoms with E-state index < -0.39 is 11.9 Å². The van der Waals surface area contributed by atoms with Gasteiger partial charge in [0.25, 0.3) is 5.91 Å². The van der Waals surface area contributed by atoms with Crippen LogP contribution in [0.2, 0.25) is 0 Å². The van der Waals surface area contributed by atoms with Gasteiger partial charge in [0.15, 0.2) is 0 Å². The molecule has 1 fully saturated rings. The van der Waals surface area contributed by atoms with Crippen molar-refractivity contribution in [1.29, 1.82) is 0 Å². The molecule has 1 saturated heterocycles. The van der Waals surface area contributed by atoms with Gasteiger partial charge in [-0.3, -0.25) is 24.5 Å². The molecule has 31 heavy (non-hydrogen) atoms. The van der Waals surface area contributed by atoms with Gasteiger partial charge in [0.1, 0.15) is 12.6 Å². The summed E-state index contributed by atoms with van der Waals surface area (Å²) in [5.41, 5.74) is 2.22. The zero-order valence-corrected chi connectivity index (χ0v) is 17.6. The van der Waals surface area contributed by atoms with Gasteiger partial charge < -0.3 is 10.2 Å². The van der Waals surface area contributed by atoms with Crippen molar-refractivity contribution in [1.82, 2.24) is 25.2 Å². The van der Waals surface area contributed by atoms with Crippen LogP contribution in [0.1, 0.15) is 55.2 Å². The van der Waals surface area contributed by atoms with Gasteiger partial charge in [0.05, 0.1) is 5.69 Å². The summed E-state index contributed by atoms with van der Waals surface area (Å²) in [6, 6.07) is 4.38. The highest BCUT2D eigenvalue weighted by Gasteiger charge is 2.39. The molecule has 0 radical (unpaired) electrons. The number of rotatable bonds is 4. The lowest BCUT2D eigenvalue weighted by Crippen LogP contribution is -2.52. The van der Waals surface area contributed by atoms with Crippen molar-refractivity contribution in [2.24, 2.45) is 0 Å². The predicted octanol–water partition coefficient (Wildman–Crippen LogP) is 0.975. The first-order chi connectivity index (χ1) is 14.6. The van der Waals surface area contributed by atoms with Crippen molar-refractivity contribution < 1.29 is 19.2 Å². The summed E-state index contributed by atoms with van der Waals surface area (Å²) in [6.07, 6.45) is 2.21. The minimum Gasteiger partial charge on any atom is -0.324 e. The Bertz CT molecular complexity index is 1080. The second-order valence-electron chi connectivity index (χ2n) is 8.83. The predicted molar refractivity (Wildman–Crippen MR) is 110 cm³/mol. The van der Waals surface area contributed by atoms with Gasteiger partial charge in [-0.2, -0.15) is 0 Å². The van der Waals surface area contributed by atoms with E-state index in [0.717, 1.165) is 5.69 Å². The second-order valence-corrected chi connectivity index (χ2v) is 8.83. The molecule has 2 aromatic rings. The van der Waals surface area contributed by atoms with E-state index >= 15 is 0 Å². The van der Waals surface area contributed by atoms with Crippen LogP contribution in [-0.4, -0.2) is 49.6 Å². The number of aromatic nitrogens is 3. The summed E-state index contributed by atoms with van der Waals surface area (Å²) >= 11 is 0. The van der Waals surface area contributed by atoms with Crippen LogP contribution < -0.4 is 10.6 Å². The number of carbonyl (C=O) groups excluding carboxylic acids is 4. The zero-order valence-electron chi connectivity index (χ0n) is 17.6. The fraction of sp³-hybridized carbons (Fsp3) is 0.429. The lowest BCUT2D eigenvalue weighted by molar-refractivity contribution is -0.137. The van der Waals surface area contributed by atoms with Crippen molar-refractivity contribution in [3.05, 3.63) is 41.2 Å². The van der Waals surface area contributed by atoms with E-state index in [2.05, 4.69) is 20.9 Å². The van der Waals surface area contributed by atoms with Crippen LogP contribution in [0.4, 0.5) is 5.69 Å². The van der Waals surface area contributed by atoms with Crippen molar-refractivity contribution in [2.45, 2.75) is 58.2 Å². The van der Waals surface area contributed by atoms with Gasteiger partial charge in [-0.1, -0.05) is 32.1 Å². The Morgan fingerprint density at radius 2 is 2.03 bits per heavy atom. The van der Waals surface area contributed by atoms with Crippen LogP contribution in [0.25, 0.3) is 0 Å². The first kappa shape index (κ1) is 20.7. The summed E-state index contributed by atoms with van der Waals surface area (Å²) in [5, 5.41) is 13.2. The van der Waals surface area contributed by atoms with Crippen LogP contribution in [-0.2, 0) is 32.9 Å². The average molecular weight is 424 g/mol. The van der Waals surface area contributed by atoms with Gasteiger partial charge in [0, 0.05) is 41.4 Å². The van der Waals surface area contributed by atoms with Gasteiger partial charge in [0.2, 0.25) is 17.7 Å². The Hall–Kier alpha value is -3.56. The van der Waals surface area contributed by atoms with Gasteiger partial charge in [-0.05, 0) is 18.6 Å². The zero-order chi connectivity index (χ0) is 22.3. The quantitative estimate of drug-likeness (QED) is 0.705. The minimum atomic E-state index is -0.702. The number of piperidine rings is 1. The number of anilines is 1. The van der Waals surface area contributed by atoms with Crippen molar-refractivity contribution in [2.75, 3.05) is 5.32 Å². The van der Waals surface area contributed by atoms with Crippen LogP contribution in [0, 0.1) is 0 Å². The molecule has 0 bridgehead atoms. The smallest absolute Gasteiger partial charge is 0.255 e. The van der Waals surface area contributed by atoms with Gasteiger partial charge >= 0.3 is 0 Å². The third kappa shape index (κ3) is 4.05. The molecule has 4 amide bonds. The van der Waals surface area contributed by atoms with Gasteiger partial charge in [-0.15, -0.1) is 5.10 Å². The third-order valence-electron chi connectivity index (χ3n) is 5.47. The van der Waals surface area contributed by atoms with Gasteiger partial charge in [-0.25, -0.2) is 4.68 Å². The summed E-state index contributed by atoms with van der Waals surface area (Å²) < 4.78 is 1.47. The molecule has 2 aliphatic heterocycles. The number of imide groups is 1. The molecule has 1 aromatic carbocycles. The van der Waals surface area contributed by atoms with E-state index in [4.69, 9.17) is 0 Å². The summed E-state index contributed by atoms with van der Waals surface area (Å²) in [7, 11) is 0. The standard InChI is InChI=1S/C21H24N6O4/c1-21(2,3)16-10-26(25-24-16)11-18(29)22-14-6-4-5-12-13(14)9-27(20(12)31)15-7-8-17(28)23-19(15)30/h4-6,10,15H,7-9,11H2,1-3H3,(H,22,29)(H,23,28,30). The molecule has 0 saturated carbocycles. The Kier molecular flexibility index (Phi) is 5.08. The Balaban J connectivity index is 1.48. The normalized spacial score (nSPS) is 18.7. The largest absolute Gasteiger partial charge is 0.324 e. The highest BCUT2D eigenvalue weighted by Crippen LogP contribution is 2.32. The second kappa shape index (κ2) is 7.60. The number of amides is 4. The van der Waals surface area contributed by atoms with Crippen LogP contribution in [0.15, 0.2) is 24.4 Å². The third-order valence-corrected chi connectivity index (χ3v) is 5.47. The van der Waals surface area contributed by atoms with Crippen LogP contribution in [0.3, 0.4) is 0 Å². The first-order valence-corrected chi connectivity index (χ1v) is 10.1. The first-order valence-electron chi connectivity index (χ1n) is 10.1. The summed E-state index contributed by atoms with van der Waals surface area (Å²) in [4.78, 5) is 50.6. The number of hydrogen-bond acceptors (Lipinski definition) is 6. The molecule has 10 heteroatoms. The molecule has 4 rings (SSSR count). The molecule has 0 aliphatic carbocycles. The van der Waals surface area contributed by atoms with Crippen LogP contribution in [0.5, 0.6) is 0 Å². The molecule has 162 valence electrons. The number of benzene rings is 1. The van der Waals surface area contributed by atoms with E-state index in [1.54, 1.807) is 24.4 Å². The molecular formula is C21H24N6O4. The van der Waals surface area contributed by atoms with Crippen molar-refractivity contribution in [3.63, 3.8) is 0 Å². The highest BCUT2D eigenvalue weighted by molar-refractivity contribution is 6.06. The summed E-state index contributed by atoms with van der Waals surface area (Å²) in [5.74, 6) is -1.39. The molecule has 1 atom stereocenters. The fourth-order valence-electron chi connectivity index (χ4n) is 3.76. The minimum absolute atomic E-state index is 0.0163. The van der Waals surface area contributed by atoms with E-state index in [0.29, 0.717) is 16.8 Å². The monoisotopic (exact) mass is 424 g/mol. The fourth-order valence-corrected chi connectivity index (χ4v) is 3.76. The maximum atomic E-state index is 12.9. The SMILES string of the molecule is CC(C)(C)c1cn(CC(=O)Nc2cccc3c2CN(C2CCC(=O)NC2=O)C3=O)nn1. The highest BCUT2D eigenvalue weighted by atomic mass is 16.2. The average Bonchev–Trinajstić information content (AvgIpc) is 3.28. The molecule has 10 nitrogen and oxygen atoms in total. The molecule has 1 aromatic heterocycles. The number of hydrogen-bond donors (Lipinski definition) is 2. The van der Waals surface area contributed by atoms with E-state index in [1.807, 2.05) is 20.8 Å². The maximum Gasteiger partial charge on any atom is 0.255 e. The van der Waals surface area contributed by atoms with Crippen LogP contribution >= 0.6 is 0 Å². The summed E-state index contributed by atoms with van der Waals surface area (Å²) in [6.45, 7) is 6.21. The van der Waals surface area contributed by atoms with E-state index in [-0.39, 0.29) is 49.1 Å². The molecule has 1 unspecified atom stereocenters. The number of nitrogens with zero attached hydrogens (tertiary/aromatic N) is 4. The lowest BCUT2D eigenvalue weighted by Gasteiger charge is -2.29. The van der Waals surface area contributed by atoms with E-state index in [9.17, 15) is 19.2 Å². The molecule has 2 aliphatic rings. The maximum absolute atomic E-state index is 12.9. The number of nitrogens with one attached hydrogen (secondary N) is 2.